The molecule has 2 N–H and O–H groups in total. The first-order valence-electron chi connectivity index (χ1n) is 6.14. The van der Waals surface area contributed by atoms with Crippen LogP contribution >= 0.6 is 0 Å². The molecule has 0 saturated carbocycles. The molecule has 0 radical (unpaired) electrons. The van der Waals surface area contributed by atoms with Gasteiger partial charge in [0.1, 0.15) is 5.56 Å². The molecular weight excluding hydrogens is 264 g/mol. The van der Waals surface area contributed by atoms with Crippen molar-refractivity contribution in [2.45, 2.75) is 18.6 Å². The van der Waals surface area contributed by atoms with Crippen LogP contribution in [-0.4, -0.2) is 32.8 Å². The SMILES string of the molecule is O=[N+]([O-])c1ccccc1-c1noc([C@H]2C[C@H](O)CN2)n1. The van der Waals surface area contributed by atoms with E-state index in [2.05, 4.69) is 15.5 Å². The molecule has 1 saturated heterocycles. The summed E-state index contributed by atoms with van der Waals surface area (Å²) in [6.07, 6.45) is 0.0415. The van der Waals surface area contributed by atoms with Gasteiger partial charge in [-0.3, -0.25) is 10.1 Å². The molecule has 2 atom stereocenters. The van der Waals surface area contributed by atoms with Crippen molar-refractivity contribution >= 4 is 5.69 Å². The number of nitro benzene ring substituents is 1. The number of hydrogen-bond acceptors (Lipinski definition) is 7. The highest BCUT2D eigenvalue weighted by Gasteiger charge is 2.29. The van der Waals surface area contributed by atoms with Crippen LogP contribution in [-0.2, 0) is 0 Å². The molecule has 2 aromatic rings. The summed E-state index contributed by atoms with van der Waals surface area (Å²) >= 11 is 0. The minimum Gasteiger partial charge on any atom is -0.392 e. The van der Waals surface area contributed by atoms with E-state index < -0.39 is 11.0 Å². The lowest BCUT2D eigenvalue weighted by Crippen LogP contribution is -2.15. The average molecular weight is 276 g/mol. The standard InChI is InChI=1S/C12H12N4O4/c17-7-5-9(13-6-7)12-14-11(15-20-12)8-3-1-2-4-10(8)16(18)19/h1-4,7,9,13,17H,5-6H2/t7-,9+/m0/s1. The molecule has 1 aromatic carbocycles. The van der Waals surface area contributed by atoms with Crippen LogP contribution < -0.4 is 5.32 Å². The van der Waals surface area contributed by atoms with E-state index in [1.54, 1.807) is 18.2 Å². The topological polar surface area (TPSA) is 114 Å². The highest BCUT2D eigenvalue weighted by molar-refractivity contribution is 5.67. The molecule has 0 aliphatic carbocycles. The zero-order valence-electron chi connectivity index (χ0n) is 10.4. The van der Waals surface area contributed by atoms with Gasteiger partial charge < -0.3 is 14.9 Å². The fourth-order valence-corrected chi connectivity index (χ4v) is 2.21. The van der Waals surface area contributed by atoms with Gasteiger partial charge in [-0.25, -0.2) is 0 Å². The first-order valence-corrected chi connectivity index (χ1v) is 6.14. The highest BCUT2D eigenvalue weighted by atomic mass is 16.6. The van der Waals surface area contributed by atoms with E-state index in [9.17, 15) is 15.2 Å². The van der Waals surface area contributed by atoms with Gasteiger partial charge in [0.05, 0.1) is 17.1 Å². The van der Waals surface area contributed by atoms with Crippen LogP contribution in [0, 0.1) is 10.1 Å². The van der Waals surface area contributed by atoms with Crippen molar-refractivity contribution in [2.24, 2.45) is 0 Å². The van der Waals surface area contributed by atoms with Crippen molar-refractivity contribution in [3.8, 4) is 11.4 Å². The third kappa shape index (κ3) is 2.26. The van der Waals surface area contributed by atoms with Crippen LogP contribution in [0.25, 0.3) is 11.4 Å². The Labute approximate surface area is 113 Å². The van der Waals surface area contributed by atoms with E-state index >= 15 is 0 Å². The van der Waals surface area contributed by atoms with Crippen molar-refractivity contribution in [1.29, 1.82) is 0 Å². The number of nitrogens with one attached hydrogen (secondary N) is 1. The summed E-state index contributed by atoms with van der Waals surface area (Å²) in [5, 5.41) is 27.3. The number of para-hydroxylation sites is 1. The van der Waals surface area contributed by atoms with E-state index in [4.69, 9.17) is 4.52 Å². The van der Waals surface area contributed by atoms with Crippen molar-refractivity contribution in [1.82, 2.24) is 15.5 Å². The molecule has 8 heteroatoms. The highest BCUT2D eigenvalue weighted by Crippen LogP contribution is 2.29. The Hall–Kier alpha value is -2.32. The number of nitrogens with zero attached hydrogens (tertiary/aromatic N) is 3. The number of hydrogen-bond donors (Lipinski definition) is 2. The average Bonchev–Trinajstić information content (AvgIpc) is 3.07. The van der Waals surface area contributed by atoms with Crippen molar-refractivity contribution in [2.75, 3.05) is 6.54 Å². The van der Waals surface area contributed by atoms with Gasteiger partial charge in [0.25, 0.3) is 5.69 Å². The number of benzene rings is 1. The zero-order valence-corrected chi connectivity index (χ0v) is 10.4. The van der Waals surface area contributed by atoms with Crippen LogP contribution in [0.2, 0.25) is 0 Å². The minimum atomic E-state index is -0.483. The summed E-state index contributed by atoms with van der Waals surface area (Å²) in [7, 11) is 0. The summed E-state index contributed by atoms with van der Waals surface area (Å²) in [6.45, 7) is 0.466. The molecular formula is C12H12N4O4. The zero-order chi connectivity index (χ0) is 14.1. The third-order valence-electron chi connectivity index (χ3n) is 3.19. The van der Waals surface area contributed by atoms with Crippen molar-refractivity contribution in [3.05, 3.63) is 40.3 Å². The third-order valence-corrected chi connectivity index (χ3v) is 3.19. The molecule has 8 nitrogen and oxygen atoms in total. The maximum absolute atomic E-state index is 11.0. The molecule has 1 aromatic heterocycles. The van der Waals surface area contributed by atoms with Gasteiger partial charge in [-0.05, 0) is 12.5 Å². The molecule has 0 unspecified atom stereocenters. The molecule has 104 valence electrons. The quantitative estimate of drug-likeness (QED) is 0.635. The van der Waals surface area contributed by atoms with Crippen LogP contribution in [0.5, 0.6) is 0 Å². The Morgan fingerprint density at radius 2 is 2.25 bits per heavy atom. The molecule has 1 fully saturated rings. The van der Waals surface area contributed by atoms with E-state index in [1.165, 1.54) is 6.07 Å². The second-order valence-corrected chi connectivity index (χ2v) is 4.58. The first-order chi connectivity index (χ1) is 9.65. The Morgan fingerprint density at radius 3 is 2.95 bits per heavy atom. The van der Waals surface area contributed by atoms with Gasteiger partial charge in [0.15, 0.2) is 0 Å². The van der Waals surface area contributed by atoms with Crippen LogP contribution in [0.3, 0.4) is 0 Å². The lowest BCUT2D eigenvalue weighted by molar-refractivity contribution is -0.384. The van der Waals surface area contributed by atoms with Crippen LogP contribution in [0.15, 0.2) is 28.8 Å². The van der Waals surface area contributed by atoms with Gasteiger partial charge >= 0.3 is 0 Å². The number of β-amino-alcohol motifs (C(OH)–C–C–N with tert-alkyl or cyclic N) is 1. The fraction of sp³-hybridized carbons (Fsp3) is 0.333. The molecule has 1 aliphatic rings. The monoisotopic (exact) mass is 276 g/mol. The van der Waals surface area contributed by atoms with E-state index in [0.717, 1.165) is 0 Å². The summed E-state index contributed by atoms with van der Waals surface area (Å²) < 4.78 is 5.13. The van der Waals surface area contributed by atoms with E-state index in [-0.39, 0.29) is 17.6 Å². The van der Waals surface area contributed by atoms with E-state index in [1.807, 2.05) is 0 Å². The van der Waals surface area contributed by atoms with E-state index in [0.29, 0.717) is 24.4 Å². The van der Waals surface area contributed by atoms with Crippen LogP contribution in [0.1, 0.15) is 18.4 Å². The minimum absolute atomic E-state index is 0.0701. The Bertz CT molecular complexity index is 642. The lowest BCUT2D eigenvalue weighted by atomic mass is 10.1. The predicted octanol–water partition coefficient (Wildman–Crippen LogP) is 1.04. The molecule has 20 heavy (non-hydrogen) atoms. The van der Waals surface area contributed by atoms with Gasteiger partial charge in [0.2, 0.25) is 11.7 Å². The van der Waals surface area contributed by atoms with Gasteiger partial charge in [-0.1, -0.05) is 17.3 Å². The molecule has 0 bridgehead atoms. The predicted molar refractivity (Wildman–Crippen MR) is 67.8 cm³/mol. The Morgan fingerprint density at radius 1 is 1.45 bits per heavy atom. The number of rotatable bonds is 3. The summed E-state index contributed by atoms with van der Waals surface area (Å²) in [6, 6.07) is 6.01. The van der Waals surface area contributed by atoms with Crippen LogP contribution in [0.4, 0.5) is 5.69 Å². The van der Waals surface area contributed by atoms with Gasteiger partial charge in [0, 0.05) is 12.6 Å². The number of aliphatic hydroxyl groups excluding tert-OH is 1. The summed E-state index contributed by atoms with van der Waals surface area (Å²) in [4.78, 5) is 14.7. The fourth-order valence-electron chi connectivity index (χ4n) is 2.21. The molecule has 0 spiro atoms. The number of aliphatic hydroxyl groups is 1. The molecule has 0 amide bonds. The molecule has 3 rings (SSSR count). The largest absolute Gasteiger partial charge is 0.392 e. The van der Waals surface area contributed by atoms with Crippen molar-refractivity contribution < 1.29 is 14.6 Å². The van der Waals surface area contributed by atoms with Gasteiger partial charge in [-0.2, -0.15) is 4.98 Å². The number of nitro groups is 1. The Kier molecular flexibility index (Phi) is 3.17. The maximum Gasteiger partial charge on any atom is 0.280 e. The lowest BCUT2D eigenvalue weighted by Gasteiger charge is -2.01. The second-order valence-electron chi connectivity index (χ2n) is 4.58. The maximum atomic E-state index is 11.0. The van der Waals surface area contributed by atoms with Crippen molar-refractivity contribution in [3.63, 3.8) is 0 Å². The summed E-state index contributed by atoms with van der Waals surface area (Å²) in [5.74, 6) is 0.505. The van der Waals surface area contributed by atoms with Gasteiger partial charge in [-0.15, -0.1) is 0 Å². The normalized spacial score (nSPS) is 22.1. The summed E-state index contributed by atoms with van der Waals surface area (Å²) in [5.41, 5.74) is 0.241. The molecule has 1 aliphatic heterocycles. The first kappa shape index (κ1) is 12.7. The second kappa shape index (κ2) is 4.99. The number of aromatic nitrogens is 2. The molecule has 2 heterocycles. The smallest absolute Gasteiger partial charge is 0.280 e. The Balaban J connectivity index is 1.92.